The van der Waals surface area contributed by atoms with E-state index in [1.54, 1.807) is 0 Å². The highest BCUT2D eigenvalue weighted by atomic mass is 16.4. The molecule has 0 aliphatic rings. The maximum Gasteiger partial charge on any atom is 0.303 e. The molecule has 0 saturated carbocycles. The summed E-state index contributed by atoms with van der Waals surface area (Å²) in [6, 6.07) is 2.00. The lowest BCUT2D eigenvalue weighted by atomic mass is 10.2. The molecule has 5 heteroatoms. The number of aromatic nitrogens is 2. The molecule has 17 heavy (non-hydrogen) atoms. The van der Waals surface area contributed by atoms with Crippen LogP contribution in [0.2, 0.25) is 0 Å². The van der Waals surface area contributed by atoms with Crippen molar-refractivity contribution in [2.24, 2.45) is 0 Å². The molecule has 1 heterocycles. The standard InChI is InChI=1S/C12H19N3O2/c1-4-10-7-11(15-9(3)14-10)13-8(2)5-6-12(16)17/h7-8H,4-6H2,1-3H3,(H,16,17)(H,13,14,15). The van der Waals surface area contributed by atoms with E-state index < -0.39 is 5.97 Å². The summed E-state index contributed by atoms with van der Waals surface area (Å²) in [6.07, 6.45) is 1.61. The van der Waals surface area contributed by atoms with Crippen LogP contribution >= 0.6 is 0 Å². The SMILES string of the molecule is CCc1cc(NC(C)CCC(=O)O)nc(C)n1. The van der Waals surface area contributed by atoms with Gasteiger partial charge in [0.25, 0.3) is 0 Å². The Bertz CT molecular complexity index is 393. The summed E-state index contributed by atoms with van der Waals surface area (Å²) in [5.41, 5.74) is 0.991. The van der Waals surface area contributed by atoms with Gasteiger partial charge in [-0.25, -0.2) is 9.97 Å². The van der Waals surface area contributed by atoms with Crippen LogP contribution in [0.4, 0.5) is 5.82 Å². The number of hydrogen-bond acceptors (Lipinski definition) is 4. The summed E-state index contributed by atoms with van der Waals surface area (Å²) in [5.74, 6) is 0.733. The molecule has 0 aliphatic heterocycles. The fourth-order valence-electron chi connectivity index (χ4n) is 1.55. The van der Waals surface area contributed by atoms with Crippen molar-refractivity contribution < 1.29 is 9.90 Å². The first-order chi connectivity index (χ1) is 8.01. The van der Waals surface area contributed by atoms with Gasteiger partial charge in [-0.3, -0.25) is 4.79 Å². The molecule has 1 aromatic rings. The molecule has 0 spiro atoms. The van der Waals surface area contributed by atoms with E-state index >= 15 is 0 Å². The first kappa shape index (κ1) is 13.4. The van der Waals surface area contributed by atoms with Crippen LogP contribution in [-0.2, 0) is 11.2 Å². The van der Waals surface area contributed by atoms with Crippen LogP contribution in [0.3, 0.4) is 0 Å². The average molecular weight is 237 g/mol. The van der Waals surface area contributed by atoms with Crippen molar-refractivity contribution in [1.82, 2.24) is 9.97 Å². The van der Waals surface area contributed by atoms with Gasteiger partial charge in [-0.15, -0.1) is 0 Å². The van der Waals surface area contributed by atoms with Crippen LogP contribution in [0.1, 0.15) is 38.2 Å². The zero-order chi connectivity index (χ0) is 12.8. The van der Waals surface area contributed by atoms with Crippen molar-refractivity contribution in [1.29, 1.82) is 0 Å². The molecule has 0 radical (unpaired) electrons. The summed E-state index contributed by atoms with van der Waals surface area (Å²) in [4.78, 5) is 19.0. The zero-order valence-corrected chi connectivity index (χ0v) is 10.5. The second kappa shape index (κ2) is 6.18. The van der Waals surface area contributed by atoms with E-state index in [9.17, 15) is 4.79 Å². The number of rotatable bonds is 6. The Morgan fingerprint density at radius 2 is 2.24 bits per heavy atom. The molecule has 0 amide bonds. The van der Waals surface area contributed by atoms with Gasteiger partial charge in [0.2, 0.25) is 0 Å². The van der Waals surface area contributed by atoms with Gasteiger partial charge < -0.3 is 10.4 Å². The molecule has 1 unspecified atom stereocenters. The minimum Gasteiger partial charge on any atom is -0.481 e. The van der Waals surface area contributed by atoms with E-state index in [1.807, 2.05) is 26.8 Å². The van der Waals surface area contributed by atoms with Gasteiger partial charge in [0.15, 0.2) is 0 Å². The predicted molar refractivity (Wildman–Crippen MR) is 66.1 cm³/mol. The van der Waals surface area contributed by atoms with Crippen LogP contribution < -0.4 is 5.32 Å². The molecule has 94 valence electrons. The van der Waals surface area contributed by atoms with Crippen LogP contribution in [-0.4, -0.2) is 27.1 Å². The van der Waals surface area contributed by atoms with Gasteiger partial charge in [0.05, 0.1) is 0 Å². The van der Waals surface area contributed by atoms with Gasteiger partial charge in [-0.05, 0) is 26.7 Å². The first-order valence-electron chi connectivity index (χ1n) is 5.84. The average Bonchev–Trinajstić information content (AvgIpc) is 2.25. The van der Waals surface area contributed by atoms with Crippen molar-refractivity contribution in [3.05, 3.63) is 17.6 Å². The summed E-state index contributed by atoms with van der Waals surface area (Å²) in [7, 11) is 0. The number of anilines is 1. The highest BCUT2D eigenvalue weighted by Gasteiger charge is 2.07. The number of aliphatic carboxylic acids is 1. The van der Waals surface area contributed by atoms with Crippen molar-refractivity contribution in [2.45, 2.75) is 46.1 Å². The maximum atomic E-state index is 10.5. The Hall–Kier alpha value is -1.65. The quantitative estimate of drug-likeness (QED) is 0.791. The summed E-state index contributed by atoms with van der Waals surface area (Å²) >= 11 is 0. The second-order valence-electron chi connectivity index (χ2n) is 4.12. The van der Waals surface area contributed by atoms with Gasteiger partial charge in [0, 0.05) is 24.2 Å². The molecule has 1 aromatic heterocycles. The minimum atomic E-state index is -0.772. The molecule has 0 saturated heterocycles. The summed E-state index contributed by atoms with van der Waals surface area (Å²) < 4.78 is 0. The van der Waals surface area contributed by atoms with E-state index in [2.05, 4.69) is 15.3 Å². The van der Waals surface area contributed by atoms with Crippen LogP contribution in [0.5, 0.6) is 0 Å². The fraction of sp³-hybridized carbons (Fsp3) is 0.583. The normalized spacial score (nSPS) is 12.2. The monoisotopic (exact) mass is 237 g/mol. The smallest absolute Gasteiger partial charge is 0.303 e. The Balaban J connectivity index is 2.61. The predicted octanol–water partition coefficient (Wildman–Crippen LogP) is 2.01. The molecule has 2 N–H and O–H groups in total. The van der Waals surface area contributed by atoms with Crippen LogP contribution in [0.15, 0.2) is 6.07 Å². The van der Waals surface area contributed by atoms with E-state index in [4.69, 9.17) is 5.11 Å². The molecule has 0 aliphatic carbocycles. The molecule has 0 bridgehead atoms. The van der Waals surface area contributed by atoms with Crippen LogP contribution in [0, 0.1) is 6.92 Å². The van der Waals surface area contributed by atoms with Crippen molar-refractivity contribution >= 4 is 11.8 Å². The first-order valence-corrected chi connectivity index (χ1v) is 5.84. The molecule has 0 fully saturated rings. The number of nitrogens with zero attached hydrogens (tertiary/aromatic N) is 2. The molecule has 0 aromatic carbocycles. The van der Waals surface area contributed by atoms with Crippen molar-refractivity contribution in [3.63, 3.8) is 0 Å². The van der Waals surface area contributed by atoms with E-state index in [1.165, 1.54) is 0 Å². The molecule has 1 rings (SSSR count). The number of carboxylic acid groups (broad SMARTS) is 1. The van der Waals surface area contributed by atoms with E-state index in [-0.39, 0.29) is 12.5 Å². The fourth-order valence-corrected chi connectivity index (χ4v) is 1.55. The lowest BCUT2D eigenvalue weighted by Gasteiger charge is -2.14. The third-order valence-electron chi connectivity index (χ3n) is 2.44. The Labute approximate surface area is 101 Å². The topological polar surface area (TPSA) is 75.1 Å². The number of hydrogen-bond donors (Lipinski definition) is 2. The maximum absolute atomic E-state index is 10.5. The van der Waals surface area contributed by atoms with Crippen molar-refractivity contribution in [3.8, 4) is 0 Å². The third kappa shape index (κ3) is 4.80. The molecule has 1 atom stereocenters. The molecular weight excluding hydrogens is 218 g/mol. The Kier molecular flexibility index (Phi) is 4.87. The van der Waals surface area contributed by atoms with E-state index in [0.29, 0.717) is 6.42 Å². The lowest BCUT2D eigenvalue weighted by molar-refractivity contribution is -0.137. The molecular formula is C12H19N3O2. The lowest BCUT2D eigenvalue weighted by Crippen LogP contribution is -2.18. The number of nitrogens with one attached hydrogen (secondary N) is 1. The number of carboxylic acids is 1. The van der Waals surface area contributed by atoms with Crippen LogP contribution in [0.25, 0.3) is 0 Å². The molecule has 5 nitrogen and oxygen atoms in total. The Morgan fingerprint density at radius 3 is 2.82 bits per heavy atom. The summed E-state index contributed by atoms with van der Waals surface area (Å²) in [5, 5.41) is 11.8. The van der Waals surface area contributed by atoms with Gasteiger partial charge in [-0.1, -0.05) is 6.92 Å². The highest BCUT2D eigenvalue weighted by molar-refractivity contribution is 5.66. The third-order valence-corrected chi connectivity index (χ3v) is 2.44. The van der Waals surface area contributed by atoms with Gasteiger partial charge in [-0.2, -0.15) is 0 Å². The number of carbonyl (C=O) groups is 1. The number of aryl methyl sites for hydroxylation is 2. The zero-order valence-electron chi connectivity index (χ0n) is 10.5. The second-order valence-corrected chi connectivity index (χ2v) is 4.12. The largest absolute Gasteiger partial charge is 0.481 e. The van der Waals surface area contributed by atoms with Gasteiger partial charge >= 0.3 is 5.97 Å². The van der Waals surface area contributed by atoms with E-state index in [0.717, 1.165) is 23.8 Å². The van der Waals surface area contributed by atoms with Crippen molar-refractivity contribution in [2.75, 3.05) is 5.32 Å². The Morgan fingerprint density at radius 1 is 1.53 bits per heavy atom. The minimum absolute atomic E-state index is 0.0881. The van der Waals surface area contributed by atoms with Gasteiger partial charge in [0.1, 0.15) is 11.6 Å². The summed E-state index contributed by atoms with van der Waals surface area (Å²) in [6.45, 7) is 5.84. The highest BCUT2D eigenvalue weighted by Crippen LogP contribution is 2.10.